The van der Waals surface area contributed by atoms with Crippen LogP contribution in [0.25, 0.3) is 5.69 Å². The number of allylic oxidation sites excluding steroid dienone is 1. The van der Waals surface area contributed by atoms with Gasteiger partial charge in [-0.25, -0.2) is 4.68 Å². The summed E-state index contributed by atoms with van der Waals surface area (Å²) in [6.45, 7) is 1.89. The van der Waals surface area contributed by atoms with Crippen LogP contribution in [0.4, 0.5) is 5.69 Å². The molecule has 0 atom stereocenters. The molecule has 0 unspecified atom stereocenters. The maximum atomic E-state index is 12.7. The monoisotopic (exact) mass is 311 g/mol. The van der Waals surface area contributed by atoms with Gasteiger partial charge in [-0.1, -0.05) is 18.2 Å². The molecule has 1 saturated carbocycles. The topological polar surface area (TPSA) is 56.0 Å². The molecule has 2 aromatic rings. The summed E-state index contributed by atoms with van der Waals surface area (Å²) in [6, 6.07) is 9.52. The van der Waals surface area contributed by atoms with Crippen molar-refractivity contribution >= 4 is 11.5 Å². The number of nitrogens with one attached hydrogen (secondary N) is 1. The fourth-order valence-electron chi connectivity index (χ4n) is 2.95. The Hall–Kier alpha value is -2.56. The third-order valence-corrected chi connectivity index (χ3v) is 4.40. The van der Waals surface area contributed by atoms with Crippen molar-refractivity contribution in [3.05, 3.63) is 58.2 Å². The van der Waals surface area contributed by atoms with E-state index in [-0.39, 0.29) is 11.3 Å². The van der Waals surface area contributed by atoms with E-state index in [4.69, 9.17) is 0 Å². The molecule has 1 aliphatic carbocycles. The lowest BCUT2D eigenvalue weighted by atomic mass is 9.94. The Morgan fingerprint density at radius 2 is 1.78 bits per heavy atom. The van der Waals surface area contributed by atoms with Gasteiger partial charge in [0.2, 0.25) is 0 Å². The van der Waals surface area contributed by atoms with Crippen molar-refractivity contribution in [2.45, 2.75) is 32.6 Å². The maximum Gasteiger partial charge on any atom is 0.295 e. The van der Waals surface area contributed by atoms with E-state index >= 15 is 0 Å². The average Bonchev–Trinajstić information content (AvgIpc) is 2.78. The molecule has 0 spiro atoms. The van der Waals surface area contributed by atoms with Crippen LogP contribution in [-0.2, 0) is 11.8 Å². The first-order valence-corrected chi connectivity index (χ1v) is 7.92. The molecule has 1 aromatic heterocycles. The Labute approximate surface area is 135 Å². The minimum Gasteiger partial charge on any atom is -0.355 e. The van der Waals surface area contributed by atoms with Crippen molar-refractivity contribution in [1.82, 2.24) is 9.36 Å². The van der Waals surface area contributed by atoms with Crippen LogP contribution in [0.5, 0.6) is 0 Å². The first-order valence-electron chi connectivity index (χ1n) is 7.92. The summed E-state index contributed by atoms with van der Waals surface area (Å²) in [5.74, 6) is 0.181. The van der Waals surface area contributed by atoms with Gasteiger partial charge in [-0.2, -0.15) is 0 Å². The third-order valence-electron chi connectivity index (χ3n) is 4.40. The van der Waals surface area contributed by atoms with Gasteiger partial charge in [0.15, 0.2) is 5.78 Å². The zero-order valence-electron chi connectivity index (χ0n) is 13.5. The predicted molar refractivity (Wildman–Crippen MR) is 90.9 cm³/mol. The Balaban J connectivity index is 1.97. The van der Waals surface area contributed by atoms with Crippen molar-refractivity contribution in [2.24, 2.45) is 7.05 Å². The van der Waals surface area contributed by atoms with Crippen molar-refractivity contribution in [1.29, 1.82) is 0 Å². The van der Waals surface area contributed by atoms with E-state index in [9.17, 15) is 9.59 Å². The number of hydrogen-bond acceptors (Lipinski definition) is 3. The Morgan fingerprint density at radius 3 is 2.48 bits per heavy atom. The zero-order valence-corrected chi connectivity index (χ0v) is 13.5. The lowest BCUT2D eigenvalue weighted by Gasteiger charge is -2.12. The number of nitrogens with zero attached hydrogens (tertiary/aromatic N) is 2. The van der Waals surface area contributed by atoms with E-state index in [1.165, 1.54) is 0 Å². The van der Waals surface area contributed by atoms with Crippen LogP contribution < -0.4 is 10.9 Å². The number of aromatic nitrogens is 2. The molecule has 5 nitrogen and oxygen atoms in total. The first-order chi connectivity index (χ1) is 11.1. The van der Waals surface area contributed by atoms with E-state index in [1.807, 2.05) is 49.0 Å². The zero-order chi connectivity index (χ0) is 16.4. The molecule has 1 aromatic carbocycles. The summed E-state index contributed by atoms with van der Waals surface area (Å²) in [5.41, 5.74) is 2.83. The molecule has 0 aliphatic heterocycles. The predicted octanol–water partition coefficient (Wildman–Crippen LogP) is 2.92. The molecule has 0 bridgehead atoms. The van der Waals surface area contributed by atoms with Crippen molar-refractivity contribution in [2.75, 3.05) is 5.32 Å². The molecule has 0 saturated heterocycles. The Morgan fingerprint density at radius 1 is 1.09 bits per heavy atom. The minimum atomic E-state index is -0.115. The van der Waals surface area contributed by atoms with Crippen molar-refractivity contribution in [3.8, 4) is 5.69 Å². The largest absolute Gasteiger partial charge is 0.355 e. The molecule has 1 heterocycles. The summed E-state index contributed by atoms with van der Waals surface area (Å²) in [6.07, 6.45) is 5.09. The fraction of sp³-hybridized carbons (Fsp3) is 0.333. The molecule has 1 N–H and O–H groups in total. The van der Waals surface area contributed by atoms with Crippen LogP contribution in [0.3, 0.4) is 0 Å². The fourth-order valence-corrected chi connectivity index (χ4v) is 2.95. The molecule has 23 heavy (non-hydrogen) atoms. The molecule has 1 fully saturated rings. The second-order valence-electron chi connectivity index (χ2n) is 5.88. The van der Waals surface area contributed by atoms with Gasteiger partial charge in [-0.15, -0.1) is 0 Å². The molecular weight excluding hydrogens is 290 g/mol. The van der Waals surface area contributed by atoms with E-state index in [1.54, 1.807) is 10.9 Å². The van der Waals surface area contributed by atoms with Gasteiger partial charge in [-0.3, -0.25) is 14.3 Å². The molecule has 3 rings (SSSR count). The highest BCUT2D eigenvalue weighted by Crippen LogP contribution is 2.20. The Kier molecular flexibility index (Phi) is 4.19. The van der Waals surface area contributed by atoms with Crippen molar-refractivity contribution < 1.29 is 4.79 Å². The lowest BCUT2D eigenvalue weighted by Crippen LogP contribution is -2.20. The summed E-state index contributed by atoms with van der Waals surface area (Å²) >= 11 is 0. The summed E-state index contributed by atoms with van der Waals surface area (Å²) in [5, 5.41) is 3.08. The van der Waals surface area contributed by atoms with Crippen molar-refractivity contribution in [3.63, 3.8) is 0 Å². The van der Waals surface area contributed by atoms with Gasteiger partial charge in [0.05, 0.1) is 11.4 Å². The van der Waals surface area contributed by atoms with E-state index in [0.29, 0.717) is 12.1 Å². The molecular formula is C18H21N3O2. The van der Waals surface area contributed by atoms with E-state index in [0.717, 1.165) is 36.2 Å². The number of carbonyl (C=O) groups is 1. The SMILES string of the molecule is Cc1c(N/C=C2\CCCCC2=O)c(=O)n(-c2ccccc2)n1C. The second-order valence-corrected chi connectivity index (χ2v) is 5.88. The van der Waals surface area contributed by atoms with Gasteiger partial charge in [0, 0.05) is 25.2 Å². The van der Waals surface area contributed by atoms with Crippen LogP contribution in [0, 0.1) is 6.92 Å². The van der Waals surface area contributed by atoms with Crippen LogP contribution >= 0.6 is 0 Å². The molecule has 120 valence electrons. The number of rotatable bonds is 3. The number of Topliss-reactive ketones (excluding diaryl/α,β-unsaturated/α-hetero) is 1. The van der Waals surface area contributed by atoms with E-state index in [2.05, 4.69) is 5.32 Å². The first kappa shape index (κ1) is 15.3. The highest BCUT2D eigenvalue weighted by atomic mass is 16.1. The van der Waals surface area contributed by atoms with Gasteiger partial charge < -0.3 is 5.32 Å². The van der Waals surface area contributed by atoms with Gasteiger partial charge in [-0.05, 0) is 38.3 Å². The molecule has 1 aliphatic rings. The smallest absolute Gasteiger partial charge is 0.295 e. The number of hydrogen-bond donors (Lipinski definition) is 1. The van der Waals surface area contributed by atoms with Gasteiger partial charge >= 0.3 is 0 Å². The third kappa shape index (κ3) is 2.86. The summed E-state index contributed by atoms with van der Waals surface area (Å²) in [7, 11) is 1.85. The van der Waals surface area contributed by atoms with Gasteiger partial charge in [0.1, 0.15) is 5.69 Å². The molecule has 0 radical (unpaired) electrons. The van der Waals surface area contributed by atoms with Crippen LogP contribution in [-0.4, -0.2) is 15.1 Å². The number of ketones is 1. The Bertz CT molecular complexity index is 813. The van der Waals surface area contributed by atoms with Crippen LogP contribution in [0.1, 0.15) is 31.4 Å². The summed E-state index contributed by atoms with van der Waals surface area (Å²) in [4.78, 5) is 24.6. The molecule has 0 amide bonds. The highest BCUT2D eigenvalue weighted by molar-refractivity contribution is 5.96. The lowest BCUT2D eigenvalue weighted by molar-refractivity contribution is -0.116. The number of anilines is 1. The van der Waals surface area contributed by atoms with Gasteiger partial charge in [0.25, 0.3) is 5.56 Å². The average molecular weight is 311 g/mol. The molecule has 5 heteroatoms. The maximum absolute atomic E-state index is 12.7. The minimum absolute atomic E-state index is 0.115. The highest BCUT2D eigenvalue weighted by Gasteiger charge is 2.17. The number of para-hydroxylation sites is 1. The quantitative estimate of drug-likeness (QED) is 0.887. The van der Waals surface area contributed by atoms with Crippen LogP contribution in [0.2, 0.25) is 0 Å². The van der Waals surface area contributed by atoms with Crippen LogP contribution in [0.15, 0.2) is 46.9 Å². The van der Waals surface area contributed by atoms with E-state index < -0.39 is 0 Å². The normalized spacial score (nSPS) is 16.8. The number of carbonyl (C=O) groups excluding carboxylic acids is 1. The standard InChI is InChI=1S/C18H21N3O2/c1-13-17(19-12-14-8-6-7-11-16(14)22)18(23)21(20(13)2)15-9-4-3-5-10-15/h3-5,9-10,12,19H,6-8,11H2,1-2H3/b14-12+. The second kappa shape index (κ2) is 6.28. The summed E-state index contributed by atoms with van der Waals surface area (Å²) < 4.78 is 3.44. The number of benzene rings is 1.